The molecule has 4 heteroatoms. The fourth-order valence-corrected chi connectivity index (χ4v) is 1.78. The summed E-state index contributed by atoms with van der Waals surface area (Å²) in [5.74, 6) is -2.15. The molecule has 2 aromatic carbocycles. The van der Waals surface area contributed by atoms with Crippen LogP contribution in [0.15, 0.2) is 36.4 Å². The Morgan fingerprint density at radius 3 is 1.50 bits per heavy atom. The smallest absolute Gasteiger partial charge is 0.159 e. The zero-order valence-electron chi connectivity index (χ0n) is 13.1. The Kier molecular flexibility index (Phi) is 6.60. The van der Waals surface area contributed by atoms with E-state index < -0.39 is 23.3 Å². The number of rotatable bonds is 2. The molecule has 0 amide bonds. The van der Waals surface area contributed by atoms with Crippen molar-refractivity contribution in [1.82, 2.24) is 0 Å². The van der Waals surface area contributed by atoms with E-state index in [1.165, 1.54) is 18.2 Å². The number of hydrogen-bond acceptors (Lipinski definition) is 0. The van der Waals surface area contributed by atoms with E-state index in [0.717, 1.165) is 17.7 Å². The van der Waals surface area contributed by atoms with Crippen molar-refractivity contribution >= 4 is 0 Å². The SMILES string of the molecule is CC(C)c1cc(F)cc(F)c1.CC(C)c1ccc(F)c(F)c1. The van der Waals surface area contributed by atoms with Gasteiger partial charge in [0.1, 0.15) is 11.6 Å². The van der Waals surface area contributed by atoms with Gasteiger partial charge in [-0.25, -0.2) is 17.6 Å². The molecule has 0 heterocycles. The molecule has 0 unspecified atom stereocenters. The molecule has 0 saturated heterocycles. The molecular formula is C18H20F4. The van der Waals surface area contributed by atoms with Crippen LogP contribution in [0.25, 0.3) is 0 Å². The van der Waals surface area contributed by atoms with E-state index in [-0.39, 0.29) is 11.8 Å². The van der Waals surface area contributed by atoms with Crippen molar-refractivity contribution < 1.29 is 17.6 Å². The van der Waals surface area contributed by atoms with Crippen molar-refractivity contribution in [1.29, 1.82) is 0 Å². The lowest BCUT2D eigenvalue weighted by Crippen LogP contribution is -1.90. The van der Waals surface area contributed by atoms with Crippen molar-refractivity contribution in [3.63, 3.8) is 0 Å². The van der Waals surface area contributed by atoms with E-state index in [4.69, 9.17) is 0 Å². The first-order valence-corrected chi connectivity index (χ1v) is 7.11. The van der Waals surface area contributed by atoms with Crippen molar-refractivity contribution in [2.24, 2.45) is 0 Å². The lowest BCUT2D eigenvalue weighted by Gasteiger charge is -2.04. The number of hydrogen-bond donors (Lipinski definition) is 0. The highest BCUT2D eigenvalue weighted by atomic mass is 19.2. The minimum absolute atomic E-state index is 0.167. The third-order valence-electron chi connectivity index (χ3n) is 3.16. The van der Waals surface area contributed by atoms with Crippen LogP contribution in [0.2, 0.25) is 0 Å². The third-order valence-corrected chi connectivity index (χ3v) is 3.16. The second-order valence-electron chi connectivity index (χ2n) is 5.69. The normalized spacial score (nSPS) is 10.6. The molecule has 0 aliphatic rings. The summed E-state index contributed by atoms with van der Waals surface area (Å²) >= 11 is 0. The summed E-state index contributed by atoms with van der Waals surface area (Å²) in [6, 6.07) is 7.58. The molecule has 0 saturated carbocycles. The Morgan fingerprint density at radius 2 is 1.09 bits per heavy atom. The first kappa shape index (κ1) is 18.2. The minimum atomic E-state index is -0.783. The average Bonchev–Trinajstić information content (AvgIpc) is 2.41. The highest BCUT2D eigenvalue weighted by Gasteiger charge is 2.04. The monoisotopic (exact) mass is 312 g/mol. The Bertz CT molecular complexity index is 598. The lowest BCUT2D eigenvalue weighted by atomic mass is 10.0. The zero-order chi connectivity index (χ0) is 16.9. The number of halogens is 4. The van der Waals surface area contributed by atoms with Crippen LogP contribution in [0.1, 0.15) is 50.7 Å². The Labute approximate surface area is 128 Å². The predicted octanol–water partition coefficient (Wildman–Crippen LogP) is 6.18. The van der Waals surface area contributed by atoms with Gasteiger partial charge in [-0.3, -0.25) is 0 Å². The molecule has 2 rings (SSSR count). The molecule has 0 aliphatic carbocycles. The van der Waals surface area contributed by atoms with E-state index in [1.807, 2.05) is 27.7 Å². The van der Waals surface area contributed by atoms with Crippen LogP contribution >= 0.6 is 0 Å². The van der Waals surface area contributed by atoms with Gasteiger partial charge >= 0.3 is 0 Å². The van der Waals surface area contributed by atoms with Crippen LogP contribution in [0, 0.1) is 23.3 Å². The van der Waals surface area contributed by atoms with Crippen LogP contribution in [-0.2, 0) is 0 Å². The quantitative estimate of drug-likeness (QED) is 0.581. The fraction of sp³-hybridized carbons (Fsp3) is 0.333. The second kappa shape index (κ2) is 7.97. The second-order valence-corrected chi connectivity index (χ2v) is 5.69. The van der Waals surface area contributed by atoms with Gasteiger partial charge in [-0.15, -0.1) is 0 Å². The molecule has 0 N–H and O–H groups in total. The van der Waals surface area contributed by atoms with Crippen LogP contribution < -0.4 is 0 Å². The van der Waals surface area contributed by atoms with Gasteiger partial charge in [-0.05, 0) is 47.2 Å². The summed E-state index contributed by atoms with van der Waals surface area (Å²) in [6.07, 6.45) is 0. The van der Waals surface area contributed by atoms with Crippen molar-refractivity contribution in [3.8, 4) is 0 Å². The fourth-order valence-electron chi connectivity index (χ4n) is 1.78. The summed E-state index contributed by atoms with van der Waals surface area (Å²) in [6.45, 7) is 7.67. The Morgan fingerprint density at radius 1 is 0.591 bits per heavy atom. The van der Waals surface area contributed by atoms with Crippen LogP contribution in [0.3, 0.4) is 0 Å². The van der Waals surface area contributed by atoms with Gasteiger partial charge in [0, 0.05) is 6.07 Å². The van der Waals surface area contributed by atoms with Gasteiger partial charge in [-0.2, -0.15) is 0 Å². The minimum Gasteiger partial charge on any atom is -0.207 e. The Balaban J connectivity index is 0.000000220. The predicted molar refractivity (Wildman–Crippen MR) is 80.9 cm³/mol. The zero-order valence-corrected chi connectivity index (χ0v) is 13.1. The molecule has 0 nitrogen and oxygen atoms in total. The van der Waals surface area contributed by atoms with E-state index >= 15 is 0 Å². The highest BCUT2D eigenvalue weighted by molar-refractivity contribution is 5.21. The largest absolute Gasteiger partial charge is 0.207 e. The van der Waals surface area contributed by atoms with Crippen LogP contribution in [0.4, 0.5) is 17.6 Å². The molecule has 0 aromatic heterocycles. The van der Waals surface area contributed by atoms with Gasteiger partial charge in [0.25, 0.3) is 0 Å². The molecule has 0 radical (unpaired) electrons. The molecule has 2 aromatic rings. The topological polar surface area (TPSA) is 0 Å². The molecule has 22 heavy (non-hydrogen) atoms. The molecular weight excluding hydrogens is 292 g/mol. The maximum Gasteiger partial charge on any atom is 0.159 e. The molecule has 0 fully saturated rings. The van der Waals surface area contributed by atoms with E-state index in [0.29, 0.717) is 5.56 Å². The van der Waals surface area contributed by atoms with Gasteiger partial charge in [-0.1, -0.05) is 33.8 Å². The van der Waals surface area contributed by atoms with E-state index in [9.17, 15) is 17.6 Å². The van der Waals surface area contributed by atoms with Crippen molar-refractivity contribution in [2.45, 2.75) is 39.5 Å². The third kappa shape index (κ3) is 5.51. The molecule has 0 bridgehead atoms. The molecule has 0 spiro atoms. The summed E-state index contributed by atoms with van der Waals surface area (Å²) in [7, 11) is 0. The summed E-state index contributed by atoms with van der Waals surface area (Å²) in [4.78, 5) is 0. The van der Waals surface area contributed by atoms with Crippen molar-refractivity contribution in [2.75, 3.05) is 0 Å². The maximum absolute atomic E-state index is 12.6. The van der Waals surface area contributed by atoms with E-state index in [2.05, 4.69) is 0 Å². The number of benzene rings is 2. The summed E-state index contributed by atoms with van der Waals surface area (Å²) in [5.41, 5.74) is 1.52. The van der Waals surface area contributed by atoms with Gasteiger partial charge in [0.15, 0.2) is 11.6 Å². The first-order chi connectivity index (χ1) is 10.2. The molecule has 120 valence electrons. The van der Waals surface area contributed by atoms with Crippen LogP contribution in [-0.4, -0.2) is 0 Å². The van der Waals surface area contributed by atoms with E-state index in [1.54, 1.807) is 6.07 Å². The Hall–Kier alpha value is -1.84. The van der Waals surface area contributed by atoms with Gasteiger partial charge in [0.2, 0.25) is 0 Å². The highest BCUT2D eigenvalue weighted by Crippen LogP contribution is 2.17. The summed E-state index contributed by atoms with van der Waals surface area (Å²) in [5, 5.41) is 0. The first-order valence-electron chi connectivity index (χ1n) is 7.11. The average molecular weight is 312 g/mol. The standard InChI is InChI=1S/2C9H10F2/c1-6(2)7-3-8(10)5-9(11)4-7;1-6(2)7-3-4-8(10)9(11)5-7/h2*3-6H,1-2H3. The van der Waals surface area contributed by atoms with Crippen LogP contribution in [0.5, 0.6) is 0 Å². The maximum atomic E-state index is 12.6. The van der Waals surface area contributed by atoms with Gasteiger partial charge in [0.05, 0.1) is 0 Å². The molecule has 0 aliphatic heterocycles. The summed E-state index contributed by atoms with van der Waals surface area (Å²) < 4.78 is 50.0. The molecule has 0 atom stereocenters. The lowest BCUT2D eigenvalue weighted by molar-refractivity contribution is 0.506. The van der Waals surface area contributed by atoms with Gasteiger partial charge < -0.3 is 0 Å². The van der Waals surface area contributed by atoms with Crippen molar-refractivity contribution in [3.05, 3.63) is 70.8 Å².